The smallest absolute Gasteiger partial charge is 0.135 e. The maximum absolute atomic E-state index is 11.7. The Morgan fingerprint density at radius 2 is 1.32 bits per heavy atom. The summed E-state index contributed by atoms with van der Waals surface area (Å²) in [5.74, 6) is 3.84. The standard InChI is InChI=1S/C26H29N2O.C25H16O4.C2H3N.ClH/c1-2-20-18-28(17-19-8-4-3-5-9-19)15-13-21(20)16-25(28)26(29)23-12-14-27-24-11-7-6-10-22(23)24;26-17-9-5-13-21-23(17)25(15-7-1-3-11-19(15)28-21)16-8-2-4-12-20(16)29-22-14-6-10-18(27)24(22)25;1-2-3;/h2-12,14,20-21,25-26,29H,1,13,15-18H2;1-14,26-27H;1H3;1H/q+1;;;/p-1/t20-,21-,25-,26+,28+;;;/m0.../s1. The van der Waals surface area contributed by atoms with Crippen molar-refractivity contribution in [3.05, 3.63) is 198 Å². The van der Waals surface area contributed by atoms with Crippen molar-refractivity contribution in [2.45, 2.75) is 43.9 Å². The van der Waals surface area contributed by atoms with Gasteiger partial charge in [-0.05, 0) is 60.0 Å². The van der Waals surface area contributed by atoms with Gasteiger partial charge < -0.3 is 41.7 Å². The summed E-state index contributed by atoms with van der Waals surface area (Å²) in [7, 11) is 0. The van der Waals surface area contributed by atoms with Crippen LogP contribution < -0.4 is 21.9 Å². The van der Waals surface area contributed by atoms with Gasteiger partial charge in [0.05, 0.1) is 41.2 Å². The number of piperidine rings is 3. The van der Waals surface area contributed by atoms with E-state index in [4.69, 9.17) is 14.7 Å². The van der Waals surface area contributed by atoms with Crippen LogP contribution >= 0.6 is 0 Å². The second-order valence-corrected chi connectivity index (χ2v) is 16.4. The van der Waals surface area contributed by atoms with Gasteiger partial charge in [-0.2, -0.15) is 5.26 Å². The number of phenolic OH excluding ortho intramolecular Hbond substituents is 2. The van der Waals surface area contributed by atoms with E-state index in [9.17, 15) is 15.3 Å². The molecule has 3 fully saturated rings. The topological polar surface area (TPSA) is 116 Å². The third-order valence-corrected chi connectivity index (χ3v) is 13.2. The monoisotopic (exact) mass is 841 g/mol. The third kappa shape index (κ3) is 7.02. The number of aliphatic hydroxyl groups excluding tert-OH is 1. The Balaban J connectivity index is 0.000000158. The van der Waals surface area contributed by atoms with E-state index in [0.717, 1.165) is 58.1 Å². The molecule has 1 aromatic heterocycles. The zero-order valence-electron chi connectivity index (χ0n) is 34.4. The van der Waals surface area contributed by atoms with Gasteiger partial charge in [0.2, 0.25) is 0 Å². The SMILES string of the molecule is C=C[C@H]1C[N@+]2(Cc3ccccc3)CC[C@H]1C[C@H]2[C@H](O)c1ccnc2ccccc12.CC#N.Oc1cccc2c1C1(c3ccccc3O2)c2ccccc2Oc2cccc(O)c21.[Cl-]. The van der Waals surface area contributed by atoms with E-state index >= 15 is 0 Å². The number of pyridine rings is 1. The quantitative estimate of drug-likeness (QED) is 0.119. The zero-order valence-corrected chi connectivity index (χ0v) is 35.2. The molecular weight excluding hydrogens is 794 g/mol. The fourth-order valence-corrected chi connectivity index (χ4v) is 10.7. The number of hydrogen-bond donors (Lipinski definition) is 3. The maximum Gasteiger partial charge on any atom is 0.135 e. The molecule has 3 N–H and O–H groups in total. The van der Waals surface area contributed by atoms with E-state index in [0.29, 0.717) is 46.0 Å². The number of quaternary nitrogens is 1. The summed E-state index contributed by atoms with van der Waals surface area (Å²) in [4.78, 5) is 4.50. The Hall–Kier alpha value is -6.63. The second kappa shape index (κ2) is 17.4. The number of ether oxygens (including phenoxy) is 2. The number of halogens is 1. The Kier molecular flexibility index (Phi) is 11.8. The fraction of sp³-hybridized carbons (Fsp3) is 0.208. The first kappa shape index (κ1) is 42.1. The van der Waals surface area contributed by atoms with Crippen LogP contribution in [0.4, 0.5) is 0 Å². The molecule has 5 atom stereocenters. The van der Waals surface area contributed by atoms with E-state index in [1.54, 1.807) is 30.3 Å². The van der Waals surface area contributed by atoms with Crippen molar-refractivity contribution < 1.29 is 41.7 Å². The molecule has 312 valence electrons. The number of phenols is 2. The maximum atomic E-state index is 11.7. The lowest BCUT2D eigenvalue weighted by molar-refractivity contribution is -0.984. The minimum absolute atomic E-state index is 0. The molecule has 6 aromatic carbocycles. The normalized spacial score (nSPS) is 20.8. The van der Waals surface area contributed by atoms with Crippen LogP contribution in [-0.4, -0.2) is 43.9 Å². The van der Waals surface area contributed by atoms with E-state index in [1.165, 1.54) is 18.9 Å². The molecule has 6 heterocycles. The number of benzene rings is 6. The molecule has 5 aliphatic rings. The number of nitriles is 1. The lowest BCUT2D eigenvalue weighted by atomic mass is 9.62. The van der Waals surface area contributed by atoms with Crippen molar-refractivity contribution in [2.75, 3.05) is 13.1 Å². The molecule has 2 bridgehead atoms. The summed E-state index contributed by atoms with van der Waals surface area (Å²) in [6, 6.07) is 48.9. The molecule has 5 aliphatic heterocycles. The van der Waals surface area contributed by atoms with Crippen LogP contribution in [-0.2, 0) is 12.0 Å². The van der Waals surface area contributed by atoms with Crippen molar-refractivity contribution >= 4 is 10.9 Å². The number of aromatic hydroxyl groups is 2. The van der Waals surface area contributed by atoms with E-state index in [-0.39, 0.29) is 29.9 Å². The van der Waals surface area contributed by atoms with Gasteiger partial charge in [-0.25, -0.2) is 0 Å². The Bertz CT molecular complexity index is 2680. The summed E-state index contributed by atoms with van der Waals surface area (Å²) in [6.45, 7) is 8.75. The summed E-state index contributed by atoms with van der Waals surface area (Å²) >= 11 is 0. The number of fused-ring (bicyclic) bond motifs is 12. The fourth-order valence-electron chi connectivity index (χ4n) is 10.7. The molecule has 0 amide bonds. The molecule has 12 rings (SSSR count). The van der Waals surface area contributed by atoms with Gasteiger partial charge in [0.1, 0.15) is 53.2 Å². The molecule has 0 unspecified atom stereocenters. The van der Waals surface area contributed by atoms with Gasteiger partial charge in [-0.15, -0.1) is 6.58 Å². The third-order valence-electron chi connectivity index (χ3n) is 13.2. The van der Waals surface area contributed by atoms with E-state index < -0.39 is 11.5 Å². The average molecular weight is 842 g/mol. The van der Waals surface area contributed by atoms with Gasteiger partial charge in [0.25, 0.3) is 0 Å². The van der Waals surface area contributed by atoms with Crippen LogP contribution in [0.2, 0.25) is 0 Å². The number of aromatic nitrogens is 1. The van der Waals surface area contributed by atoms with Crippen molar-refractivity contribution in [2.24, 2.45) is 11.8 Å². The van der Waals surface area contributed by atoms with Crippen LogP contribution in [0.1, 0.15) is 59.3 Å². The van der Waals surface area contributed by atoms with Crippen molar-refractivity contribution in [3.8, 4) is 40.6 Å². The predicted octanol–water partition coefficient (Wildman–Crippen LogP) is 8.11. The molecule has 1 spiro atoms. The van der Waals surface area contributed by atoms with Gasteiger partial charge in [-0.1, -0.05) is 103 Å². The predicted molar refractivity (Wildman–Crippen MR) is 237 cm³/mol. The first-order valence-corrected chi connectivity index (χ1v) is 20.9. The lowest BCUT2D eigenvalue weighted by Gasteiger charge is -2.58. The van der Waals surface area contributed by atoms with Crippen molar-refractivity contribution in [1.29, 1.82) is 5.26 Å². The summed E-state index contributed by atoms with van der Waals surface area (Å²) in [6.07, 6.45) is 5.79. The summed E-state index contributed by atoms with van der Waals surface area (Å²) in [5.41, 5.74) is 5.22. The molecule has 3 saturated heterocycles. The van der Waals surface area contributed by atoms with Crippen LogP contribution in [0, 0.1) is 23.2 Å². The van der Waals surface area contributed by atoms with Crippen LogP contribution in [0.25, 0.3) is 10.9 Å². The molecular formula is C53H48ClN3O5. The van der Waals surface area contributed by atoms with Crippen molar-refractivity contribution in [1.82, 2.24) is 4.98 Å². The highest BCUT2D eigenvalue weighted by Crippen LogP contribution is 2.64. The number of hydrogen-bond acceptors (Lipinski definition) is 7. The number of nitrogens with zero attached hydrogens (tertiary/aromatic N) is 3. The largest absolute Gasteiger partial charge is 1.00 e. The number of rotatable bonds is 5. The molecule has 9 heteroatoms. The molecule has 62 heavy (non-hydrogen) atoms. The van der Waals surface area contributed by atoms with Crippen molar-refractivity contribution in [3.63, 3.8) is 0 Å². The molecule has 8 nitrogen and oxygen atoms in total. The van der Waals surface area contributed by atoms with E-state index in [1.807, 2.05) is 91.1 Å². The van der Waals surface area contributed by atoms with Crippen LogP contribution in [0.5, 0.6) is 34.5 Å². The minimum Gasteiger partial charge on any atom is -1.00 e. The van der Waals surface area contributed by atoms with Gasteiger partial charge in [0, 0.05) is 54.0 Å². The average Bonchev–Trinajstić information content (AvgIpc) is 3.29. The minimum atomic E-state index is -0.981. The van der Waals surface area contributed by atoms with Crippen LogP contribution in [0.15, 0.2) is 164 Å². The molecule has 0 aliphatic carbocycles. The van der Waals surface area contributed by atoms with Gasteiger partial charge in [0.15, 0.2) is 0 Å². The summed E-state index contributed by atoms with van der Waals surface area (Å²) < 4.78 is 13.3. The highest BCUT2D eigenvalue weighted by molar-refractivity contribution is 5.82. The number of para-hydroxylation sites is 3. The van der Waals surface area contributed by atoms with Gasteiger partial charge >= 0.3 is 0 Å². The highest BCUT2D eigenvalue weighted by Gasteiger charge is 2.55. The second-order valence-electron chi connectivity index (χ2n) is 16.4. The first-order valence-electron chi connectivity index (χ1n) is 20.9. The Labute approximate surface area is 368 Å². The Morgan fingerprint density at radius 3 is 1.94 bits per heavy atom. The molecule has 0 saturated carbocycles. The molecule has 7 aromatic rings. The van der Waals surface area contributed by atoms with Gasteiger partial charge in [-0.3, -0.25) is 4.98 Å². The lowest BCUT2D eigenvalue weighted by Crippen LogP contribution is -3.00. The first-order chi connectivity index (χ1) is 29.8. The van der Waals surface area contributed by atoms with Crippen LogP contribution in [0.3, 0.4) is 0 Å². The summed E-state index contributed by atoms with van der Waals surface area (Å²) in [5, 5.41) is 42.2. The van der Waals surface area contributed by atoms with E-state index in [2.05, 4.69) is 54.0 Å². The zero-order chi connectivity index (χ0) is 42.1. The Morgan fingerprint density at radius 1 is 0.774 bits per heavy atom. The highest BCUT2D eigenvalue weighted by atomic mass is 35.5. The molecule has 0 radical (unpaired) electrons. The number of aliphatic hydroxyl groups is 1.